The number of amides is 1. The van der Waals surface area contributed by atoms with Gasteiger partial charge in [-0.05, 0) is 24.1 Å². The molecular weight excluding hydrogens is 276 g/mol. The highest BCUT2D eigenvalue weighted by Gasteiger charge is 2.22. The molecule has 22 heavy (non-hydrogen) atoms. The number of methoxy groups -OCH3 is 1. The van der Waals surface area contributed by atoms with Crippen molar-refractivity contribution in [2.45, 2.75) is 32.6 Å². The molecule has 2 rings (SSSR count). The van der Waals surface area contributed by atoms with Crippen molar-refractivity contribution in [1.82, 2.24) is 9.80 Å². The lowest BCUT2D eigenvalue weighted by molar-refractivity contribution is -0.132. The maximum atomic E-state index is 12.6. The molecule has 0 spiro atoms. The molecule has 0 atom stereocenters. The van der Waals surface area contributed by atoms with Gasteiger partial charge in [-0.2, -0.15) is 0 Å². The van der Waals surface area contributed by atoms with Crippen LogP contribution in [0.3, 0.4) is 0 Å². The van der Waals surface area contributed by atoms with Gasteiger partial charge in [-0.1, -0.05) is 32.9 Å². The maximum absolute atomic E-state index is 12.6. The smallest absolute Gasteiger partial charge is 0.227 e. The molecule has 0 aliphatic carbocycles. The first-order chi connectivity index (χ1) is 10.3. The van der Waals surface area contributed by atoms with Crippen molar-refractivity contribution in [2.24, 2.45) is 0 Å². The molecule has 1 amide bonds. The molecule has 1 aromatic carbocycles. The van der Waals surface area contributed by atoms with E-state index in [9.17, 15) is 4.79 Å². The molecule has 1 aliphatic heterocycles. The Hall–Kier alpha value is -1.55. The predicted molar refractivity (Wildman–Crippen MR) is 89.5 cm³/mol. The first-order valence-corrected chi connectivity index (χ1v) is 7.95. The summed E-state index contributed by atoms with van der Waals surface area (Å²) in [5.41, 5.74) is 2.28. The van der Waals surface area contributed by atoms with Crippen LogP contribution in [-0.4, -0.2) is 56.0 Å². The van der Waals surface area contributed by atoms with Crippen molar-refractivity contribution < 1.29 is 9.53 Å². The summed E-state index contributed by atoms with van der Waals surface area (Å²) < 4.78 is 5.44. The molecule has 1 fully saturated rings. The van der Waals surface area contributed by atoms with Crippen LogP contribution in [0.25, 0.3) is 0 Å². The van der Waals surface area contributed by atoms with Crippen LogP contribution < -0.4 is 4.74 Å². The highest BCUT2D eigenvalue weighted by Crippen LogP contribution is 2.28. The fourth-order valence-electron chi connectivity index (χ4n) is 2.71. The van der Waals surface area contributed by atoms with Crippen LogP contribution in [0.5, 0.6) is 5.75 Å². The summed E-state index contributed by atoms with van der Waals surface area (Å²) in [6, 6.07) is 6.18. The molecule has 1 aliphatic rings. The Morgan fingerprint density at radius 3 is 2.36 bits per heavy atom. The Morgan fingerprint density at radius 1 is 1.18 bits per heavy atom. The molecule has 0 radical (unpaired) electrons. The third kappa shape index (κ3) is 4.01. The van der Waals surface area contributed by atoms with Crippen molar-refractivity contribution in [3.05, 3.63) is 29.3 Å². The van der Waals surface area contributed by atoms with Crippen LogP contribution in [0.2, 0.25) is 0 Å². The van der Waals surface area contributed by atoms with Gasteiger partial charge < -0.3 is 14.5 Å². The van der Waals surface area contributed by atoms with Crippen molar-refractivity contribution in [3.8, 4) is 5.75 Å². The molecule has 1 heterocycles. The second kappa shape index (κ2) is 6.69. The predicted octanol–water partition coefficient (Wildman–Crippen LogP) is 2.31. The van der Waals surface area contributed by atoms with Gasteiger partial charge in [0.25, 0.3) is 0 Å². The van der Waals surface area contributed by atoms with Crippen molar-refractivity contribution in [1.29, 1.82) is 0 Å². The molecule has 0 bridgehead atoms. The average Bonchev–Trinajstić information content (AvgIpc) is 2.46. The van der Waals surface area contributed by atoms with E-state index in [-0.39, 0.29) is 11.3 Å². The first kappa shape index (κ1) is 16.8. The number of hydrogen-bond acceptors (Lipinski definition) is 3. The fourth-order valence-corrected chi connectivity index (χ4v) is 2.71. The molecule has 4 nitrogen and oxygen atoms in total. The Bertz CT molecular complexity index is 526. The number of nitrogens with zero attached hydrogens (tertiary/aromatic N) is 2. The van der Waals surface area contributed by atoms with E-state index in [1.807, 2.05) is 11.0 Å². The number of hydrogen-bond donors (Lipinski definition) is 0. The van der Waals surface area contributed by atoms with E-state index in [0.717, 1.165) is 37.5 Å². The summed E-state index contributed by atoms with van der Waals surface area (Å²) in [5, 5.41) is 0. The molecule has 0 aromatic heterocycles. The monoisotopic (exact) mass is 304 g/mol. The quantitative estimate of drug-likeness (QED) is 0.859. The third-order valence-electron chi connectivity index (χ3n) is 4.34. The topological polar surface area (TPSA) is 32.8 Å². The molecule has 0 N–H and O–H groups in total. The van der Waals surface area contributed by atoms with Gasteiger partial charge in [-0.25, -0.2) is 0 Å². The first-order valence-electron chi connectivity index (χ1n) is 7.95. The SMILES string of the molecule is COc1ccc(C(C)(C)C)cc1CC(=O)N1CCN(C)CC1. The summed E-state index contributed by atoms with van der Waals surface area (Å²) >= 11 is 0. The Morgan fingerprint density at radius 2 is 1.82 bits per heavy atom. The van der Waals surface area contributed by atoms with Crippen LogP contribution in [0.1, 0.15) is 31.9 Å². The van der Waals surface area contributed by atoms with E-state index in [2.05, 4.69) is 44.9 Å². The van der Waals surface area contributed by atoms with Crippen molar-refractivity contribution >= 4 is 5.91 Å². The minimum atomic E-state index is 0.0674. The van der Waals surface area contributed by atoms with Gasteiger partial charge in [-0.3, -0.25) is 4.79 Å². The van der Waals surface area contributed by atoms with Gasteiger partial charge in [0.1, 0.15) is 5.75 Å². The molecule has 0 saturated carbocycles. The largest absolute Gasteiger partial charge is 0.496 e. The Kier molecular flexibility index (Phi) is 5.12. The summed E-state index contributed by atoms with van der Waals surface area (Å²) in [6.45, 7) is 10.1. The number of carbonyl (C=O) groups excluding carboxylic acids is 1. The summed E-state index contributed by atoms with van der Waals surface area (Å²) in [7, 11) is 3.76. The maximum Gasteiger partial charge on any atom is 0.227 e. The Labute approximate surface area is 134 Å². The van der Waals surface area contributed by atoms with Crippen molar-refractivity contribution in [3.63, 3.8) is 0 Å². The number of piperazine rings is 1. The van der Waals surface area contributed by atoms with Gasteiger partial charge in [0, 0.05) is 31.7 Å². The van der Waals surface area contributed by atoms with Gasteiger partial charge in [0.2, 0.25) is 5.91 Å². The molecule has 1 saturated heterocycles. The number of likely N-dealkylation sites (N-methyl/N-ethyl adjacent to an activating group) is 1. The van der Waals surface area contributed by atoms with Crippen LogP contribution in [-0.2, 0) is 16.6 Å². The van der Waals surface area contributed by atoms with E-state index in [1.54, 1.807) is 7.11 Å². The normalized spacial score (nSPS) is 16.7. The Balaban J connectivity index is 2.15. The molecular formula is C18H28N2O2. The number of ether oxygens (including phenoxy) is 1. The van der Waals surface area contributed by atoms with Crippen LogP contribution in [0.4, 0.5) is 0 Å². The summed E-state index contributed by atoms with van der Waals surface area (Å²) in [4.78, 5) is 16.8. The number of carbonyl (C=O) groups is 1. The van der Waals surface area contributed by atoms with E-state index in [1.165, 1.54) is 5.56 Å². The average molecular weight is 304 g/mol. The minimum Gasteiger partial charge on any atom is -0.496 e. The van der Waals surface area contributed by atoms with E-state index >= 15 is 0 Å². The lowest BCUT2D eigenvalue weighted by Gasteiger charge is -2.32. The van der Waals surface area contributed by atoms with E-state index in [0.29, 0.717) is 6.42 Å². The fraction of sp³-hybridized carbons (Fsp3) is 0.611. The second-order valence-corrected chi connectivity index (χ2v) is 7.14. The van der Waals surface area contributed by atoms with E-state index < -0.39 is 0 Å². The molecule has 0 unspecified atom stereocenters. The zero-order valence-electron chi connectivity index (χ0n) is 14.5. The standard InChI is InChI=1S/C18H28N2O2/c1-18(2,3)15-6-7-16(22-5)14(12-15)13-17(21)20-10-8-19(4)9-11-20/h6-7,12H,8-11,13H2,1-5H3. The van der Waals surface area contributed by atoms with Crippen LogP contribution >= 0.6 is 0 Å². The lowest BCUT2D eigenvalue weighted by Crippen LogP contribution is -2.47. The van der Waals surface area contributed by atoms with Gasteiger partial charge >= 0.3 is 0 Å². The summed E-state index contributed by atoms with van der Waals surface area (Å²) in [5.74, 6) is 0.993. The van der Waals surface area contributed by atoms with Gasteiger partial charge in [0.05, 0.1) is 13.5 Å². The highest BCUT2D eigenvalue weighted by molar-refractivity contribution is 5.79. The summed E-state index contributed by atoms with van der Waals surface area (Å²) in [6.07, 6.45) is 0.413. The lowest BCUT2D eigenvalue weighted by atomic mass is 9.85. The van der Waals surface area contributed by atoms with Gasteiger partial charge in [-0.15, -0.1) is 0 Å². The van der Waals surface area contributed by atoms with Crippen LogP contribution in [0, 0.1) is 0 Å². The third-order valence-corrected chi connectivity index (χ3v) is 4.34. The highest BCUT2D eigenvalue weighted by atomic mass is 16.5. The zero-order valence-corrected chi connectivity index (χ0v) is 14.5. The molecule has 4 heteroatoms. The van der Waals surface area contributed by atoms with Gasteiger partial charge in [0.15, 0.2) is 0 Å². The number of benzene rings is 1. The zero-order chi connectivity index (χ0) is 16.3. The van der Waals surface area contributed by atoms with Crippen LogP contribution in [0.15, 0.2) is 18.2 Å². The molecule has 1 aromatic rings. The van der Waals surface area contributed by atoms with E-state index in [4.69, 9.17) is 4.74 Å². The second-order valence-electron chi connectivity index (χ2n) is 7.14. The van der Waals surface area contributed by atoms with Crippen molar-refractivity contribution in [2.75, 3.05) is 40.3 Å². The minimum absolute atomic E-state index is 0.0674. The number of rotatable bonds is 3. The molecule has 122 valence electrons.